The minimum absolute atomic E-state index is 0.169. The molecule has 0 radical (unpaired) electrons. The summed E-state index contributed by atoms with van der Waals surface area (Å²) in [5.74, 6) is -1.25. The monoisotopic (exact) mass is 303 g/mol. The lowest BCUT2D eigenvalue weighted by Crippen LogP contribution is -2.77. The van der Waals surface area contributed by atoms with Gasteiger partial charge >= 0.3 is 0 Å². The average molecular weight is 304 g/mol. The molecular formula is C12H14ClNO6. The van der Waals surface area contributed by atoms with Gasteiger partial charge in [0.25, 0.3) is 0 Å². The van der Waals surface area contributed by atoms with E-state index in [0.29, 0.717) is 0 Å². The van der Waals surface area contributed by atoms with Crippen molar-refractivity contribution in [3.63, 3.8) is 0 Å². The van der Waals surface area contributed by atoms with Crippen LogP contribution in [-0.2, 0) is 14.3 Å². The molecule has 0 aromatic rings. The number of Topliss-reactive ketones (excluding diaryl/α,β-unsaturated/α-hetero) is 1. The van der Waals surface area contributed by atoms with E-state index in [9.17, 15) is 24.9 Å². The van der Waals surface area contributed by atoms with Gasteiger partial charge in [0.05, 0.1) is 6.04 Å². The maximum absolute atomic E-state index is 12.1. The molecule has 7 nitrogen and oxygen atoms in total. The van der Waals surface area contributed by atoms with Crippen LogP contribution in [0.4, 0.5) is 0 Å². The lowest BCUT2D eigenvalue weighted by molar-refractivity contribution is -0.180. The highest BCUT2D eigenvalue weighted by Gasteiger charge is 2.78. The van der Waals surface area contributed by atoms with Crippen LogP contribution < -0.4 is 5.32 Å². The number of ether oxygens (including phenoxy) is 1. The number of amides is 1. The number of aliphatic hydroxyl groups excluding tert-OH is 2. The standard InChI is InChI=1S/C12H14ClNO6/c1-2-5(15)14-4-3-11(19)9-6(20-9)8(17)12(13,7(4)16)10(11)18/h2,4,6-7,9-10,16,18-19H,1,3H2,(H,14,15). The zero-order chi connectivity index (χ0) is 14.9. The van der Waals surface area contributed by atoms with Crippen LogP contribution in [0.15, 0.2) is 12.7 Å². The number of carbonyl (C=O) groups is 2. The van der Waals surface area contributed by atoms with Gasteiger partial charge in [-0.05, 0) is 6.08 Å². The molecule has 3 aliphatic rings. The van der Waals surface area contributed by atoms with Gasteiger partial charge in [0.1, 0.15) is 30.0 Å². The van der Waals surface area contributed by atoms with Crippen molar-refractivity contribution < 1.29 is 29.6 Å². The second kappa shape index (κ2) is 4.02. The molecule has 1 amide bonds. The fourth-order valence-electron chi connectivity index (χ4n) is 3.23. The maximum Gasteiger partial charge on any atom is 0.243 e. The quantitative estimate of drug-likeness (QED) is 0.262. The van der Waals surface area contributed by atoms with Gasteiger partial charge in [0, 0.05) is 6.42 Å². The molecule has 4 N–H and O–H groups in total. The smallest absolute Gasteiger partial charge is 0.243 e. The molecule has 2 bridgehead atoms. The van der Waals surface area contributed by atoms with E-state index in [2.05, 4.69) is 11.9 Å². The first kappa shape index (κ1) is 14.0. The summed E-state index contributed by atoms with van der Waals surface area (Å²) in [6, 6.07) is -0.986. The van der Waals surface area contributed by atoms with Crippen LogP contribution in [0.1, 0.15) is 6.42 Å². The Morgan fingerprint density at radius 2 is 2.20 bits per heavy atom. The van der Waals surface area contributed by atoms with Crippen molar-refractivity contribution in [3.05, 3.63) is 12.7 Å². The van der Waals surface area contributed by atoms with Crippen LogP contribution in [-0.4, -0.2) is 67.9 Å². The molecular weight excluding hydrogens is 290 g/mol. The molecule has 2 saturated carbocycles. The summed E-state index contributed by atoms with van der Waals surface area (Å²) in [4.78, 5) is 21.4. The minimum atomic E-state index is -2.09. The van der Waals surface area contributed by atoms with Crippen LogP contribution in [0, 0.1) is 0 Å². The third kappa shape index (κ3) is 1.49. The fraction of sp³-hybridized carbons (Fsp3) is 0.667. The number of ketones is 1. The van der Waals surface area contributed by atoms with Crippen molar-refractivity contribution in [2.24, 2.45) is 0 Å². The van der Waals surface area contributed by atoms with Crippen molar-refractivity contribution >= 4 is 23.3 Å². The summed E-state index contributed by atoms with van der Waals surface area (Å²) < 4.78 is 5.08. The second-order valence-electron chi connectivity index (χ2n) is 5.47. The lowest BCUT2D eigenvalue weighted by atomic mass is 9.62. The Hall–Kier alpha value is -0.990. The molecule has 3 fully saturated rings. The predicted molar refractivity (Wildman–Crippen MR) is 66.0 cm³/mol. The number of fused-ring (bicyclic) bond motifs is 4. The van der Waals surface area contributed by atoms with Crippen molar-refractivity contribution in [2.75, 3.05) is 0 Å². The Morgan fingerprint density at radius 1 is 1.55 bits per heavy atom. The molecule has 3 rings (SSSR count). The van der Waals surface area contributed by atoms with E-state index in [0.717, 1.165) is 6.08 Å². The Kier molecular flexibility index (Phi) is 2.81. The molecule has 20 heavy (non-hydrogen) atoms. The number of hydrogen-bond acceptors (Lipinski definition) is 6. The summed E-state index contributed by atoms with van der Waals surface area (Å²) in [6.45, 7) is 3.28. The van der Waals surface area contributed by atoms with E-state index < -0.39 is 52.6 Å². The number of carbonyl (C=O) groups excluding carboxylic acids is 2. The zero-order valence-corrected chi connectivity index (χ0v) is 11.1. The topological polar surface area (TPSA) is 119 Å². The van der Waals surface area contributed by atoms with Gasteiger partial charge in [-0.2, -0.15) is 0 Å². The molecule has 7 atom stereocenters. The van der Waals surface area contributed by atoms with Gasteiger partial charge in [0.15, 0.2) is 10.7 Å². The van der Waals surface area contributed by atoms with Gasteiger partial charge < -0.3 is 25.4 Å². The van der Waals surface area contributed by atoms with Crippen LogP contribution >= 0.6 is 11.6 Å². The van der Waals surface area contributed by atoms with Crippen LogP contribution in [0.2, 0.25) is 0 Å². The van der Waals surface area contributed by atoms with E-state index in [1.54, 1.807) is 0 Å². The summed E-state index contributed by atoms with van der Waals surface area (Å²) in [6.07, 6.45) is -4.14. The van der Waals surface area contributed by atoms with Crippen molar-refractivity contribution in [1.82, 2.24) is 5.32 Å². The average Bonchev–Trinajstić information content (AvgIpc) is 3.21. The number of hydrogen-bond donors (Lipinski definition) is 4. The van der Waals surface area contributed by atoms with Crippen molar-refractivity contribution in [3.8, 4) is 0 Å². The van der Waals surface area contributed by atoms with Gasteiger partial charge in [-0.3, -0.25) is 9.59 Å². The summed E-state index contributed by atoms with van der Waals surface area (Å²) in [5.41, 5.74) is -1.78. The number of nitrogens with one attached hydrogen (secondary N) is 1. The number of rotatable bonds is 2. The van der Waals surface area contributed by atoms with Gasteiger partial charge in [0.2, 0.25) is 5.91 Å². The summed E-state index contributed by atoms with van der Waals surface area (Å²) in [5, 5.41) is 33.4. The molecule has 0 spiro atoms. The van der Waals surface area contributed by atoms with Gasteiger partial charge in [-0.15, -0.1) is 11.6 Å². The molecule has 1 aliphatic heterocycles. The summed E-state index contributed by atoms with van der Waals surface area (Å²) >= 11 is 6.12. The Morgan fingerprint density at radius 3 is 2.80 bits per heavy atom. The predicted octanol–water partition coefficient (Wildman–Crippen LogP) is -2.16. The number of alkyl halides is 1. The maximum atomic E-state index is 12.1. The highest BCUT2D eigenvalue weighted by Crippen LogP contribution is 2.54. The van der Waals surface area contributed by atoms with E-state index >= 15 is 0 Å². The Bertz CT molecular complexity index is 512. The van der Waals surface area contributed by atoms with Crippen LogP contribution in [0.3, 0.4) is 0 Å². The Balaban J connectivity index is 1.99. The third-order valence-corrected chi connectivity index (χ3v) is 4.98. The van der Waals surface area contributed by atoms with Gasteiger partial charge in [-0.25, -0.2) is 0 Å². The molecule has 110 valence electrons. The summed E-state index contributed by atoms with van der Waals surface area (Å²) in [7, 11) is 0. The molecule has 8 heteroatoms. The largest absolute Gasteiger partial charge is 0.389 e. The highest BCUT2D eigenvalue weighted by atomic mass is 35.5. The van der Waals surface area contributed by atoms with Crippen molar-refractivity contribution in [2.45, 2.75) is 47.4 Å². The first-order valence-corrected chi connectivity index (χ1v) is 6.54. The lowest BCUT2D eigenvalue weighted by Gasteiger charge is -2.52. The molecule has 7 unspecified atom stereocenters. The first-order valence-electron chi connectivity index (χ1n) is 6.17. The van der Waals surface area contributed by atoms with Crippen LogP contribution in [0.5, 0.6) is 0 Å². The minimum Gasteiger partial charge on any atom is -0.389 e. The SMILES string of the molecule is C=CC(=O)NC1CC2(O)C3OC3C(=O)C(Cl)(C1O)C2O. The first-order chi connectivity index (χ1) is 9.26. The van der Waals surface area contributed by atoms with E-state index in [1.165, 1.54) is 0 Å². The molecule has 1 saturated heterocycles. The number of epoxide rings is 1. The third-order valence-electron chi connectivity index (χ3n) is 4.36. The highest BCUT2D eigenvalue weighted by molar-refractivity contribution is 6.38. The van der Waals surface area contributed by atoms with E-state index in [1.807, 2.05) is 0 Å². The van der Waals surface area contributed by atoms with Gasteiger partial charge in [-0.1, -0.05) is 6.58 Å². The number of halogens is 1. The zero-order valence-electron chi connectivity index (χ0n) is 10.3. The number of aliphatic hydroxyl groups is 3. The molecule has 1 heterocycles. The molecule has 0 aromatic carbocycles. The van der Waals surface area contributed by atoms with Crippen LogP contribution in [0.25, 0.3) is 0 Å². The molecule has 0 aromatic heterocycles. The van der Waals surface area contributed by atoms with E-state index in [-0.39, 0.29) is 6.42 Å². The van der Waals surface area contributed by atoms with E-state index in [4.69, 9.17) is 16.3 Å². The molecule has 2 aliphatic carbocycles. The van der Waals surface area contributed by atoms with Crippen molar-refractivity contribution in [1.29, 1.82) is 0 Å². The Labute approximate surface area is 119 Å². The second-order valence-corrected chi connectivity index (χ2v) is 6.10. The normalized spacial score (nSPS) is 53.0. The fourth-order valence-corrected chi connectivity index (χ4v) is 3.68.